The first-order valence-corrected chi connectivity index (χ1v) is 7.50. The van der Waals surface area contributed by atoms with Crippen LogP contribution in [0.25, 0.3) is 0 Å². The monoisotopic (exact) mass is 326 g/mol. The third-order valence-electron chi connectivity index (χ3n) is 3.83. The Morgan fingerprint density at radius 1 is 1.09 bits per heavy atom. The van der Waals surface area contributed by atoms with Crippen LogP contribution in [0.1, 0.15) is 32.6 Å². The fourth-order valence-electron chi connectivity index (χ4n) is 2.52. The molecule has 2 amide bonds. The molecule has 6 nitrogen and oxygen atoms in total. The number of benzene rings is 1. The van der Waals surface area contributed by atoms with Gasteiger partial charge in [0.15, 0.2) is 0 Å². The molecule has 2 rings (SSSR count). The molecule has 1 aromatic rings. The van der Waals surface area contributed by atoms with E-state index in [-0.39, 0.29) is 48.5 Å². The Labute approximate surface area is 158 Å². The largest absolute Gasteiger partial charge is 1.00 e. The molecule has 0 spiro atoms. The van der Waals surface area contributed by atoms with Crippen molar-refractivity contribution in [3.05, 3.63) is 30.3 Å². The van der Waals surface area contributed by atoms with Crippen LogP contribution in [0.15, 0.2) is 35.3 Å². The predicted molar refractivity (Wildman–Crippen MR) is 83.5 cm³/mol. The van der Waals surface area contributed by atoms with Gasteiger partial charge in [0, 0.05) is 6.61 Å². The zero-order valence-electron chi connectivity index (χ0n) is 13.6. The Morgan fingerprint density at radius 3 is 2.22 bits per heavy atom. The van der Waals surface area contributed by atoms with Crippen molar-refractivity contribution < 1.29 is 44.3 Å². The number of hydrogen-bond donors (Lipinski definition) is 3. The summed E-state index contributed by atoms with van der Waals surface area (Å²) >= 11 is 0. The van der Waals surface area contributed by atoms with Crippen molar-refractivity contribution in [1.82, 2.24) is 10.6 Å². The van der Waals surface area contributed by atoms with E-state index in [1.165, 1.54) is 0 Å². The predicted octanol–water partition coefficient (Wildman–Crippen LogP) is -1.52. The van der Waals surface area contributed by atoms with Crippen molar-refractivity contribution in [2.24, 2.45) is 10.4 Å². The molecule has 1 fully saturated rings. The van der Waals surface area contributed by atoms with E-state index in [0.29, 0.717) is 12.1 Å². The van der Waals surface area contributed by atoms with Gasteiger partial charge in [0.05, 0.1) is 5.69 Å². The summed E-state index contributed by atoms with van der Waals surface area (Å²) in [6, 6.07) is 9.06. The number of carbonyl (C=O) groups excluding carboxylic acids is 2. The van der Waals surface area contributed by atoms with Gasteiger partial charge in [0.25, 0.3) is 0 Å². The zero-order valence-corrected chi connectivity index (χ0v) is 15.6. The number of aliphatic hydroxyl groups excluding tert-OH is 1. The maximum atomic E-state index is 12.5. The van der Waals surface area contributed by atoms with E-state index in [0.717, 1.165) is 12.8 Å². The van der Waals surface area contributed by atoms with E-state index in [9.17, 15) is 14.7 Å². The van der Waals surface area contributed by atoms with Crippen LogP contribution in [0.5, 0.6) is 0 Å². The van der Waals surface area contributed by atoms with Gasteiger partial charge in [-0.15, -0.1) is 0 Å². The summed E-state index contributed by atoms with van der Waals surface area (Å²) in [6.07, 6.45) is 2.15. The number of nitrogens with zero attached hydrogens (tertiary/aromatic N) is 1. The molecule has 23 heavy (non-hydrogen) atoms. The van der Waals surface area contributed by atoms with Crippen LogP contribution in [0.3, 0.4) is 0 Å². The van der Waals surface area contributed by atoms with Crippen molar-refractivity contribution >= 4 is 23.5 Å². The molecule has 0 radical (unpaired) electrons. The number of unbranched alkanes of at least 4 members (excludes halogenated alkanes) is 1. The number of rotatable bonds is 6. The molecule has 1 aliphatic rings. The van der Waals surface area contributed by atoms with Crippen molar-refractivity contribution in [1.29, 1.82) is 0 Å². The molecule has 0 aliphatic carbocycles. The second kappa shape index (κ2) is 9.17. The molecule has 1 saturated heterocycles. The van der Waals surface area contributed by atoms with Gasteiger partial charge in [0.1, 0.15) is 5.41 Å². The van der Waals surface area contributed by atoms with E-state index < -0.39 is 17.2 Å². The summed E-state index contributed by atoms with van der Waals surface area (Å²) < 4.78 is 0. The summed E-state index contributed by atoms with van der Waals surface area (Å²) in [4.78, 5) is 29.1. The van der Waals surface area contributed by atoms with Crippen molar-refractivity contribution in [2.45, 2.75) is 32.6 Å². The van der Waals surface area contributed by atoms with Gasteiger partial charge in [-0.2, -0.15) is 0 Å². The first-order chi connectivity index (χ1) is 10.6. The van der Waals surface area contributed by atoms with Gasteiger partial charge in [-0.1, -0.05) is 38.0 Å². The van der Waals surface area contributed by atoms with Crippen LogP contribution in [-0.4, -0.2) is 29.5 Å². The van der Waals surface area contributed by atoms with Gasteiger partial charge < -0.3 is 5.11 Å². The number of aliphatic hydroxyl groups is 1. The van der Waals surface area contributed by atoms with E-state index in [1.807, 2.05) is 25.1 Å². The Balaban J connectivity index is 0.00000264. The molecule has 0 bridgehead atoms. The van der Waals surface area contributed by atoms with E-state index in [2.05, 4.69) is 15.6 Å². The minimum absolute atomic E-state index is 0. The maximum absolute atomic E-state index is 12.5. The Bertz CT molecular complexity index is 555. The number of guanidine groups is 1. The van der Waals surface area contributed by atoms with Crippen LogP contribution < -0.4 is 40.2 Å². The Morgan fingerprint density at radius 2 is 1.70 bits per heavy atom. The normalized spacial score (nSPS) is 20.3. The average molecular weight is 326 g/mol. The SMILES string of the molecule is CCCCC1(CCO)C(=O)NC(=Nc2ccccc2)NC1=O.[Na+]. The van der Waals surface area contributed by atoms with E-state index in [4.69, 9.17) is 0 Å². The molecule has 1 heterocycles. The van der Waals surface area contributed by atoms with Crippen LogP contribution in [0, 0.1) is 5.41 Å². The van der Waals surface area contributed by atoms with Gasteiger partial charge in [-0.05, 0) is 25.0 Å². The minimum Gasteiger partial charge on any atom is -0.396 e. The number of carbonyl (C=O) groups is 2. The molecule has 118 valence electrons. The van der Waals surface area contributed by atoms with Crippen molar-refractivity contribution in [2.75, 3.05) is 6.61 Å². The molecule has 3 N–H and O–H groups in total. The average Bonchev–Trinajstić information content (AvgIpc) is 2.51. The molecule has 0 atom stereocenters. The number of para-hydroxylation sites is 1. The summed E-state index contributed by atoms with van der Waals surface area (Å²) in [5.74, 6) is -0.659. The summed E-state index contributed by atoms with van der Waals surface area (Å²) in [5.41, 5.74) is -0.568. The second-order valence-electron chi connectivity index (χ2n) is 5.36. The van der Waals surface area contributed by atoms with Gasteiger partial charge in [0.2, 0.25) is 17.8 Å². The molecule has 0 unspecified atom stereocenters. The number of hydrogen-bond acceptors (Lipinski definition) is 4. The molecule has 0 saturated carbocycles. The van der Waals surface area contributed by atoms with Crippen molar-refractivity contribution in [3.63, 3.8) is 0 Å². The van der Waals surface area contributed by atoms with Gasteiger partial charge >= 0.3 is 29.6 Å². The number of amides is 2. The standard InChI is InChI=1S/C16H21N3O3.Na/c1-2-3-9-16(10-11-20)13(21)18-15(19-14(16)22)17-12-7-5-4-6-8-12;/h4-8,20H,2-3,9-11H2,1H3,(H2,17,18,19,21,22);/q;+1. The fraction of sp³-hybridized carbons (Fsp3) is 0.438. The van der Waals surface area contributed by atoms with Gasteiger partial charge in [-0.3, -0.25) is 20.2 Å². The van der Waals surface area contributed by atoms with Crippen LogP contribution >= 0.6 is 0 Å². The number of aliphatic imine (C=N–C) groups is 1. The third kappa shape index (κ3) is 4.64. The summed E-state index contributed by atoms with van der Waals surface area (Å²) in [6.45, 7) is 1.78. The third-order valence-corrected chi connectivity index (χ3v) is 3.83. The Hall–Kier alpha value is -1.21. The van der Waals surface area contributed by atoms with E-state index >= 15 is 0 Å². The van der Waals surface area contributed by atoms with Crippen LogP contribution in [0.4, 0.5) is 5.69 Å². The number of nitrogens with one attached hydrogen (secondary N) is 2. The second-order valence-corrected chi connectivity index (χ2v) is 5.36. The molecular formula is C16H21N3NaO3+. The van der Waals surface area contributed by atoms with Crippen LogP contribution in [0.2, 0.25) is 0 Å². The molecule has 1 aromatic carbocycles. The maximum Gasteiger partial charge on any atom is 1.00 e. The summed E-state index contributed by atoms with van der Waals surface area (Å²) in [7, 11) is 0. The molecule has 7 heteroatoms. The topological polar surface area (TPSA) is 90.8 Å². The Kier molecular flexibility index (Phi) is 7.91. The molecule has 1 aliphatic heterocycles. The first-order valence-electron chi connectivity index (χ1n) is 7.50. The fourth-order valence-corrected chi connectivity index (χ4v) is 2.52. The minimum atomic E-state index is -1.21. The first kappa shape index (κ1) is 19.8. The summed E-state index contributed by atoms with van der Waals surface area (Å²) in [5, 5.41) is 14.5. The quantitative estimate of drug-likeness (QED) is 0.438. The van der Waals surface area contributed by atoms with Gasteiger partial charge in [-0.25, -0.2) is 4.99 Å². The van der Waals surface area contributed by atoms with Crippen LogP contribution in [-0.2, 0) is 9.59 Å². The smallest absolute Gasteiger partial charge is 0.396 e. The van der Waals surface area contributed by atoms with Crippen molar-refractivity contribution in [3.8, 4) is 0 Å². The zero-order chi connectivity index (χ0) is 16.0. The molecular weight excluding hydrogens is 305 g/mol. The molecule has 0 aromatic heterocycles. The van der Waals surface area contributed by atoms with E-state index in [1.54, 1.807) is 12.1 Å².